The number of aryl methyl sites for hydroxylation is 4. The molecule has 2 aromatic heterocycles. The summed E-state index contributed by atoms with van der Waals surface area (Å²) in [6, 6.07) is 96.8. The van der Waals surface area contributed by atoms with Crippen LogP contribution in [0.5, 0.6) is 0 Å². The topological polar surface area (TPSA) is 32.8 Å². The maximum absolute atomic E-state index is 6.87. The Hall–Kier alpha value is -10.4. The summed E-state index contributed by atoms with van der Waals surface area (Å²) in [5, 5.41) is 8.63. The Kier molecular flexibility index (Phi) is 11.7. The molecule has 0 fully saturated rings. The fourth-order valence-electron chi connectivity index (χ4n) is 12.2. The van der Waals surface area contributed by atoms with Crippen molar-refractivity contribution in [2.75, 3.05) is 9.80 Å². The van der Waals surface area contributed by atoms with Gasteiger partial charge in [0.25, 0.3) is 0 Å². The number of rotatable bonds is 10. The normalized spacial score (nSPS) is 11.7. The van der Waals surface area contributed by atoms with Gasteiger partial charge in [0, 0.05) is 55.7 Å². The summed E-state index contributed by atoms with van der Waals surface area (Å²) >= 11 is 0. The molecule has 82 heavy (non-hydrogen) atoms. The summed E-state index contributed by atoms with van der Waals surface area (Å²) in [5.74, 6) is 0. The molecule has 0 aliphatic carbocycles. The van der Waals surface area contributed by atoms with Crippen LogP contribution in [0.1, 0.15) is 22.3 Å². The van der Waals surface area contributed by atoms with Gasteiger partial charge in [0.15, 0.2) is 0 Å². The van der Waals surface area contributed by atoms with Crippen LogP contribution in [0.2, 0.25) is 0 Å². The molecule has 13 aromatic carbocycles. The molecular weight excluding hydrogens is 997 g/mol. The van der Waals surface area contributed by atoms with Gasteiger partial charge in [-0.25, -0.2) is 0 Å². The molecule has 0 aliphatic heterocycles. The molecule has 15 rings (SSSR count). The zero-order valence-electron chi connectivity index (χ0n) is 46.1. The largest absolute Gasteiger partial charge is 0.456 e. The van der Waals surface area contributed by atoms with Gasteiger partial charge < -0.3 is 18.6 Å². The molecular formula is C78H56N2O2. The van der Waals surface area contributed by atoms with Crippen molar-refractivity contribution in [3.63, 3.8) is 0 Å². The first kappa shape index (κ1) is 48.7. The molecule has 2 heterocycles. The Morgan fingerprint density at radius 3 is 0.805 bits per heavy atom. The van der Waals surface area contributed by atoms with Crippen molar-refractivity contribution < 1.29 is 8.83 Å². The third kappa shape index (κ3) is 8.56. The van der Waals surface area contributed by atoms with Crippen molar-refractivity contribution in [2.45, 2.75) is 27.7 Å². The van der Waals surface area contributed by atoms with E-state index >= 15 is 0 Å². The quantitative estimate of drug-likeness (QED) is 0.137. The van der Waals surface area contributed by atoms with Crippen molar-refractivity contribution in [1.82, 2.24) is 0 Å². The van der Waals surface area contributed by atoms with E-state index in [9.17, 15) is 0 Å². The zero-order valence-corrected chi connectivity index (χ0v) is 46.1. The molecule has 0 aliphatic rings. The highest BCUT2D eigenvalue weighted by molar-refractivity contribution is 6.18. The summed E-state index contributed by atoms with van der Waals surface area (Å²) in [6.07, 6.45) is 0. The van der Waals surface area contributed by atoms with Crippen molar-refractivity contribution in [1.29, 1.82) is 0 Å². The summed E-state index contributed by atoms with van der Waals surface area (Å²) < 4.78 is 13.7. The van der Waals surface area contributed by atoms with Crippen LogP contribution in [0.15, 0.2) is 276 Å². The van der Waals surface area contributed by atoms with E-state index in [0.29, 0.717) is 0 Å². The molecule has 0 bridgehead atoms. The third-order valence-electron chi connectivity index (χ3n) is 16.7. The van der Waals surface area contributed by atoms with Crippen LogP contribution < -0.4 is 9.80 Å². The molecule has 0 radical (unpaired) electrons. The van der Waals surface area contributed by atoms with Gasteiger partial charge in [-0.05, 0) is 201 Å². The van der Waals surface area contributed by atoms with Gasteiger partial charge in [0.05, 0.1) is 0 Å². The molecule has 390 valence electrons. The molecule has 0 N–H and O–H groups in total. The molecule has 4 nitrogen and oxygen atoms in total. The van der Waals surface area contributed by atoms with Crippen LogP contribution in [0.4, 0.5) is 34.1 Å². The Labute approximate surface area is 477 Å². The highest BCUT2D eigenvalue weighted by atomic mass is 16.3. The first-order valence-corrected chi connectivity index (χ1v) is 28.2. The molecule has 15 aromatic rings. The van der Waals surface area contributed by atoms with Crippen LogP contribution >= 0.6 is 0 Å². The van der Waals surface area contributed by atoms with Crippen molar-refractivity contribution in [3.8, 4) is 44.5 Å². The van der Waals surface area contributed by atoms with E-state index in [-0.39, 0.29) is 0 Å². The van der Waals surface area contributed by atoms with Crippen molar-refractivity contribution >= 4 is 99.5 Å². The minimum absolute atomic E-state index is 0.830. The SMILES string of the molecule is Cc1ccc(-c2ccccc2)cc1N(c1ccc2cc3c(cc2c1)oc1cc2c(cc13)oc1cc3cc(N(c4cc(-c5ccccc5)ccc4C)c4cc(-c5ccccc5)ccc4C)ccc3cc12)c1cc(-c2ccccc2)ccc1C. The molecule has 0 atom stereocenters. The first-order valence-electron chi connectivity index (χ1n) is 28.2. The number of fused-ring (bicyclic) bond motifs is 8. The van der Waals surface area contributed by atoms with Gasteiger partial charge in [0.2, 0.25) is 0 Å². The second kappa shape index (κ2) is 19.7. The van der Waals surface area contributed by atoms with E-state index in [2.05, 4.69) is 304 Å². The van der Waals surface area contributed by atoms with Gasteiger partial charge in [0.1, 0.15) is 22.3 Å². The van der Waals surface area contributed by atoms with Gasteiger partial charge in [-0.15, -0.1) is 0 Å². The van der Waals surface area contributed by atoms with Gasteiger partial charge >= 0.3 is 0 Å². The van der Waals surface area contributed by atoms with E-state index in [1.807, 2.05) is 0 Å². The molecule has 0 saturated heterocycles. The maximum Gasteiger partial charge on any atom is 0.136 e. The Bertz CT molecular complexity index is 4470. The number of benzene rings is 13. The van der Waals surface area contributed by atoms with Crippen molar-refractivity contribution in [3.05, 3.63) is 289 Å². The minimum Gasteiger partial charge on any atom is -0.456 e. The summed E-state index contributed by atoms with van der Waals surface area (Å²) in [6.45, 7) is 8.84. The lowest BCUT2D eigenvalue weighted by atomic mass is 9.98. The van der Waals surface area contributed by atoms with Crippen LogP contribution in [0, 0.1) is 27.7 Å². The van der Waals surface area contributed by atoms with Gasteiger partial charge in [-0.3, -0.25) is 0 Å². The van der Waals surface area contributed by atoms with Crippen LogP contribution in [-0.2, 0) is 0 Å². The fourth-order valence-corrected chi connectivity index (χ4v) is 12.2. The summed E-state index contributed by atoms with van der Waals surface area (Å²) in [4.78, 5) is 4.87. The average molecular weight is 1050 g/mol. The highest BCUT2D eigenvalue weighted by Gasteiger charge is 2.23. The third-order valence-corrected chi connectivity index (χ3v) is 16.7. The van der Waals surface area contributed by atoms with E-state index in [0.717, 1.165) is 99.5 Å². The molecule has 4 heteroatoms. The van der Waals surface area contributed by atoms with E-state index in [1.165, 1.54) is 66.8 Å². The Balaban J connectivity index is 0.831. The lowest BCUT2D eigenvalue weighted by Gasteiger charge is -2.30. The molecule has 0 spiro atoms. The van der Waals surface area contributed by atoms with Gasteiger partial charge in [-0.1, -0.05) is 182 Å². The fraction of sp³-hybridized carbons (Fsp3) is 0.0513. The molecule has 0 amide bonds. The second-order valence-corrected chi connectivity index (χ2v) is 21.9. The Morgan fingerprint density at radius 2 is 0.500 bits per heavy atom. The number of hydrogen-bond acceptors (Lipinski definition) is 4. The zero-order chi connectivity index (χ0) is 55.0. The average Bonchev–Trinajstić information content (AvgIpc) is 4.17. The summed E-state index contributed by atoms with van der Waals surface area (Å²) in [7, 11) is 0. The minimum atomic E-state index is 0.830. The number of hydrogen-bond donors (Lipinski definition) is 0. The monoisotopic (exact) mass is 1050 g/mol. The number of anilines is 6. The van der Waals surface area contributed by atoms with E-state index in [4.69, 9.17) is 8.83 Å². The maximum atomic E-state index is 6.87. The van der Waals surface area contributed by atoms with E-state index in [1.54, 1.807) is 0 Å². The van der Waals surface area contributed by atoms with Crippen LogP contribution in [-0.4, -0.2) is 0 Å². The molecule has 0 saturated carbocycles. The predicted molar refractivity (Wildman–Crippen MR) is 346 cm³/mol. The number of furan rings is 2. The van der Waals surface area contributed by atoms with Crippen LogP contribution in [0.3, 0.4) is 0 Å². The lowest BCUT2D eigenvalue weighted by molar-refractivity contribution is 0.664. The Morgan fingerprint density at radius 1 is 0.220 bits per heavy atom. The highest BCUT2D eigenvalue weighted by Crippen LogP contribution is 2.47. The van der Waals surface area contributed by atoms with E-state index < -0.39 is 0 Å². The van der Waals surface area contributed by atoms with Gasteiger partial charge in [-0.2, -0.15) is 0 Å². The standard InChI is InChI=1S/C78H56N2O2/c1-49-25-29-59(53-17-9-5-10-18-53)41-71(49)79(72-42-60(30-26-50(72)2)54-19-11-6-12-20-54)65-35-33-57-39-67-69-47-78-70(48-77(69)81-75(67)45-63(57)37-65)68-40-58-34-36-66(38-64(58)46-76(68)82-78)80(73-43-61(31-27-51(73)3)55-21-13-7-14-22-55)74-44-62(32-28-52(74)4)56-23-15-8-16-24-56/h5-48H,1-4H3. The first-order chi connectivity index (χ1) is 40.2. The summed E-state index contributed by atoms with van der Waals surface area (Å²) in [5.41, 5.74) is 24.1. The second-order valence-electron chi connectivity index (χ2n) is 21.9. The smallest absolute Gasteiger partial charge is 0.136 e. The lowest BCUT2D eigenvalue weighted by Crippen LogP contribution is -2.13. The van der Waals surface area contributed by atoms with Crippen LogP contribution in [0.25, 0.3) is 110 Å². The predicted octanol–water partition coefficient (Wildman–Crippen LogP) is 22.6. The van der Waals surface area contributed by atoms with Crippen molar-refractivity contribution in [2.24, 2.45) is 0 Å². The number of nitrogens with zero attached hydrogens (tertiary/aromatic N) is 2. The molecule has 0 unspecified atom stereocenters.